The number of hydrogen-bond donors (Lipinski definition) is 0. The molecule has 1 aromatic carbocycles. The summed E-state index contributed by atoms with van der Waals surface area (Å²) in [6.45, 7) is 0. The molecule has 0 saturated carbocycles. The number of aryl methyl sites for hydroxylation is 2. The summed E-state index contributed by atoms with van der Waals surface area (Å²) < 4.78 is 3.55. The van der Waals surface area contributed by atoms with Crippen LogP contribution in [0.15, 0.2) is 30.5 Å². The van der Waals surface area contributed by atoms with Crippen LogP contribution in [0.25, 0.3) is 16.2 Å². The number of halogens is 1. The normalized spacial score (nSPS) is 14.3. The highest BCUT2D eigenvalue weighted by Crippen LogP contribution is 2.32. The summed E-state index contributed by atoms with van der Waals surface area (Å²) in [6.07, 6.45) is 5.94. The van der Waals surface area contributed by atoms with Crippen molar-refractivity contribution >= 4 is 38.9 Å². The second-order valence-corrected chi connectivity index (χ2v) is 6.92. The molecular weight excluding hydrogens is 355 g/mol. The molecule has 0 bridgehead atoms. The predicted molar refractivity (Wildman–Crippen MR) is 83.2 cm³/mol. The average Bonchev–Trinajstić information content (AvgIpc) is 3.00. The third-order valence-corrected chi connectivity index (χ3v) is 5.33. The van der Waals surface area contributed by atoms with Gasteiger partial charge in [0.2, 0.25) is 0 Å². The summed E-state index contributed by atoms with van der Waals surface area (Å²) in [5, 5.41) is 0. The van der Waals surface area contributed by atoms with Crippen LogP contribution in [0.5, 0.6) is 0 Å². The van der Waals surface area contributed by atoms with E-state index in [9.17, 15) is 0 Å². The van der Waals surface area contributed by atoms with Gasteiger partial charge >= 0.3 is 0 Å². The van der Waals surface area contributed by atoms with Gasteiger partial charge in [0.15, 0.2) is 4.96 Å². The molecule has 2 aromatic heterocycles. The van der Waals surface area contributed by atoms with Crippen molar-refractivity contribution in [1.29, 1.82) is 0 Å². The average molecular weight is 366 g/mol. The van der Waals surface area contributed by atoms with Crippen LogP contribution in [-0.4, -0.2) is 9.38 Å². The van der Waals surface area contributed by atoms with Crippen molar-refractivity contribution in [1.82, 2.24) is 9.38 Å². The molecule has 0 N–H and O–H groups in total. The van der Waals surface area contributed by atoms with Crippen LogP contribution in [0, 0.1) is 3.57 Å². The molecule has 0 atom stereocenters. The summed E-state index contributed by atoms with van der Waals surface area (Å²) in [7, 11) is 0. The summed E-state index contributed by atoms with van der Waals surface area (Å²) in [5.74, 6) is 0. The molecular formula is C14H11IN2S. The molecule has 4 rings (SSSR count). The van der Waals surface area contributed by atoms with Gasteiger partial charge in [0.05, 0.1) is 5.69 Å². The lowest BCUT2D eigenvalue weighted by Gasteiger charge is -1.96. The number of nitrogens with zero attached hydrogens (tertiary/aromatic N) is 2. The first kappa shape index (κ1) is 11.0. The highest BCUT2D eigenvalue weighted by atomic mass is 127. The summed E-state index contributed by atoms with van der Waals surface area (Å²) in [4.78, 5) is 7.44. The van der Waals surface area contributed by atoms with Gasteiger partial charge in [-0.1, -0.05) is 12.1 Å². The van der Waals surface area contributed by atoms with Crippen LogP contribution in [0.1, 0.15) is 17.0 Å². The highest BCUT2D eigenvalue weighted by molar-refractivity contribution is 14.1. The van der Waals surface area contributed by atoms with Crippen LogP contribution in [0.2, 0.25) is 0 Å². The van der Waals surface area contributed by atoms with E-state index in [4.69, 9.17) is 4.98 Å². The Balaban J connectivity index is 1.86. The van der Waals surface area contributed by atoms with Crippen molar-refractivity contribution in [2.45, 2.75) is 19.3 Å². The Kier molecular flexibility index (Phi) is 2.48. The molecule has 4 heteroatoms. The fraction of sp³-hybridized carbons (Fsp3) is 0.214. The fourth-order valence-electron chi connectivity index (χ4n) is 2.56. The molecule has 0 fully saturated rings. The molecule has 0 aliphatic heterocycles. The first-order valence-electron chi connectivity index (χ1n) is 6.07. The molecule has 2 nitrogen and oxygen atoms in total. The van der Waals surface area contributed by atoms with E-state index >= 15 is 0 Å². The third kappa shape index (κ3) is 1.62. The maximum Gasteiger partial charge on any atom is 0.194 e. The zero-order valence-electron chi connectivity index (χ0n) is 9.69. The topological polar surface area (TPSA) is 17.3 Å². The number of aromatic nitrogens is 2. The van der Waals surface area contributed by atoms with Crippen molar-refractivity contribution in [3.8, 4) is 11.3 Å². The largest absolute Gasteiger partial charge is 0.294 e. The zero-order valence-corrected chi connectivity index (χ0v) is 12.7. The summed E-state index contributed by atoms with van der Waals surface area (Å²) >= 11 is 4.18. The molecule has 1 aliphatic carbocycles. The van der Waals surface area contributed by atoms with Gasteiger partial charge in [0.1, 0.15) is 0 Å². The molecule has 90 valence electrons. The smallest absolute Gasteiger partial charge is 0.194 e. The SMILES string of the molecule is Ic1ccc(-c2cn3c4c(sc3n2)CCC4)cc1. The summed E-state index contributed by atoms with van der Waals surface area (Å²) in [5.41, 5.74) is 3.78. The minimum atomic E-state index is 1.09. The van der Waals surface area contributed by atoms with Crippen LogP contribution >= 0.6 is 33.9 Å². The second kappa shape index (κ2) is 4.06. The van der Waals surface area contributed by atoms with Crippen LogP contribution in [-0.2, 0) is 12.8 Å². The molecule has 1 aliphatic rings. The van der Waals surface area contributed by atoms with Gasteiger partial charge in [-0.15, -0.1) is 11.3 Å². The first-order valence-corrected chi connectivity index (χ1v) is 7.96. The molecule has 0 saturated heterocycles. The lowest BCUT2D eigenvalue weighted by molar-refractivity contribution is 0.888. The van der Waals surface area contributed by atoms with Gasteiger partial charge in [-0.25, -0.2) is 4.98 Å². The van der Waals surface area contributed by atoms with E-state index in [-0.39, 0.29) is 0 Å². The lowest BCUT2D eigenvalue weighted by Crippen LogP contribution is -1.85. The van der Waals surface area contributed by atoms with E-state index in [0.29, 0.717) is 0 Å². The van der Waals surface area contributed by atoms with Crippen LogP contribution in [0.4, 0.5) is 0 Å². The van der Waals surface area contributed by atoms with Gasteiger partial charge in [-0.3, -0.25) is 4.40 Å². The van der Waals surface area contributed by atoms with Crippen LogP contribution in [0.3, 0.4) is 0 Å². The molecule has 0 radical (unpaired) electrons. The standard InChI is InChI=1S/C14H11IN2S/c15-10-6-4-9(5-7-10)11-8-17-12-2-1-3-13(12)18-14(17)16-11/h4-8H,1-3H2. The molecule has 0 spiro atoms. The fourth-order valence-corrected chi connectivity index (χ4v) is 4.11. The van der Waals surface area contributed by atoms with E-state index in [1.165, 1.54) is 39.0 Å². The Morgan fingerprint density at radius 2 is 2.00 bits per heavy atom. The lowest BCUT2D eigenvalue weighted by atomic mass is 10.2. The zero-order chi connectivity index (χ0) is 12.1. The van der Waals surface area contributed by atoms with Crippen LogP contribution < -0.4 is 0 Å². The minimum Gasteiger partial charge on any atom is -0.294 e. The molecule has 3 aromatic rings. The minimum absolute atomic E-state index is 1.09. The third-order valence-electron chi connectivity index (χ3n) is 3.46. The van der Waals surface area contributed by atoms with E-state index in [0.717, 1.165) is 10.7 Å². The van der Waals surface area contributed by atoms with Crippen molar-refractivity contribution < 1.29 is 0 Å². The Bertz CT molecular complexity index is 724. The maximum absolute atomic E-state index is 4.75. The van der Waals surface area contributed by atoms with E-state index < -0.39 is 0 Å². The van der Waals surface area contributed by atoms with Gasteiger partial charge < -0.3 is 0 Å². The molecule has 18 heavy (non-hydrogen) atoms. The Morgan fingerprint density at radius 1 is 1.17 bits per heavy atom. The quantitative estimate of drug-likeness (QED) is 0.592. The summed E-state index contributed by atoms with van der Waals surface area (Å²) in [6, 6.07) is 8.56. The van der Waals surface area contributed by atoms with Crippen molar-refractivity contribution in [2.75, 3.05) is 0 Å². The Hall–Kier alpha value is -0.880. The molecule has 2 heterocycles. The van der Waals surface area contributed by atoms with Gasteiger partial charge in [0.25, 0.3) is 0 Å². The van der Waals surface area contributed by atoms with E-state index in [1.54, 1.807) is 0 Å². The predicted octanol–water partition coefficient (Wildman–Crippen LogP) is 4.16. The number of rotatable bonds is 1. The van der Waals surface area contributed by atoms with Gasteiger partial charge in [-0.05, 0) is 54.0 Å². The number of fused-ring (bicyclic) bond motifs is 3. The maximum atomic E-state index is 4.75. The monoisotopic (exact) mass is 366 g/mol. The van der Waals surface area contributed by atoms with E-state index in [1.807, 2.05) is 11.3 Å². The first-order chi connectivity index (χ1) is 8.81. The van der Waals surface area contributed by atoms with E-state index in [2.05, 4.69) is 57.5 Å². The van der Waals surface area contributed by atoms with Crippen molar-refractivity contribution in [3.63, 3.8) is 0 Å². The highest BCUT2D eigenvalue weighted by Gasteiger charge is 2.19. The Labute approximate surface area is 123 Å². The number of imidazole rings is 1. The Morgan fingerprint density at radius 3 is 2.83 bits per heavy atom. The van der Waals surface area contributed by atoms with Gasteiger partial charge in [-0.2, -0.15) is 0 Å². The second-order valence-electron chi connectivity index (χ2n) is 4.61. The van der Waals surface area contributed by atoms with Crippen molar-refractivity contribution in [2.24, 2.45) is 0 Å². The number of benzene rings is 1. The molecule has 0 unspecified atom stereocenters. The van der Waals surface area contributed by atoms with Crippen molar-refractivity contribution in [3.05, 3.63) is 44.6 Å². The number of thiazole rings is 1. The van der Waals surface area contributed by atoms with Gasteiger partial charge in [0, 0.05) is 25.9 Å². The number of hydrogen-bond acceptors (Lipinski definition) is 2. The molecule has 0 amide bonds.